The Balaban J connectivity index is 2.98. The van der Waals surface area contributed by atoms with E-state index in [2.05, 4.69) is 0 Å². The first-order valence-corrected chi connectivity index (χ1v) is 5.45. The van der Waals surface area contributed by atoms with Crippen LogP contribution >= 0.6 is 0 Å². The zero-order chi connectivity index (χ0) is 13.9. The fourth-order valence-electron chi connectivity index (χ4n) is 1.33. The Hall–Kier alpha value is -2.04. The molecule has 98 valence electrons. The van der Waals surface area contributed by atoms with Crippen LogP contribution in [-0.4, -0.2) is 28.8 Å². The van der Waals surface area contributed by atoms with Gasteiger partial charge in [-0.15, -0.1) is 0 Å². The monoisotopic (exact) mass is 252 g/mol. The summed E-state index contributed by atoms with van der Waals surface area (Å²) in [5.41, 5.74) is -0.370. The SMILES string of the molecule is Cc1cccc(C(=O)O)c1OCC(C)(C)C(=O)O. The number of aryl methyl sites for hydroxylation is 1. The normalized spacial score (nSPS) is 11.1. The lowest BCUT2D eigenvalue weighted by atomic mass is 9.95. The van der Waals surface area contributed by atoms with Crippen molar-refractivity contribution in [1.82, 2.24) is 0 Å². The molecule has 0 atom stereocenters. The van der Waals surface area contributed by atoms with Gasteiger partial charge in [-0.05, 0) is 32.4 Å². The maximum absolute atomic E-state index is 11.0. The quantitative estimate of drug-likeness (QED) is 0.839. The van der Waals surface area contributed by atoms with Gasteiger partial charge in [0.25, 0.3) is 0 Å². The zero-order valence-electron chi connectivity index (χ0n) is 10.6. The Bertz CT molecular complexity index is 476. The number of hydrogen-bond donors (Lipinski definition) is 2. The van der Waals surface area contributed by atoms with Gasteiger partial charge in [0.1, 0.15) is 17.9 Å². The highest BCUT2D eigenvalue weighted by molar-refractivity contribution is 5.91. The summed E-state index contributed by atoms with van der Waals surface area (Å²) in [5.74, 6) is -1.87. The van der Waals surface area contributed by atoms with Crippen LogP contribution in [0.15, 0.2) is 18.2 Å². The molecule has 0 aliphatic heterocycles. The molecule has 0 aliphatic carbocycles. The third kappa shape index (κ3) is 3.00. The van der Waals surface area contributed by atoms with E-state index in [1.165, 1.54) is 19.9 Å². The fourth-order valence-corrected chi connectivity index (χ4v) is 1.33. The number of hydrogen-bond acceptors (Lipinski definition) is 3. The van der Waals surface area contributed by atoms with Crippen LogP contribution in [0.4, 0.5) is 0 Å². The van der Waals surface area contributed by atoms with Crippen molar-refractivity contribution in [1.29, 1.82) is 0 Å². The van der Waals surface area contributed by atoms with Crippen LogP contribution < -0.4 is 4.74 Å². The van der Waals surface area contributed by atoms with Crippen molar-refractivity contribution >= 4 is 11.9 Å². The molecule has 0 spiro atoms. The highest BCUT2D eigenvalue weighted by Crippen LogP contribution is 2.26. The molecule has 5 nitrogen and oxygen atoms in total. The van der Waals surface area contributed by atoms with Gasteiger partial charge in [-0.2, -0.15) is 0 Å². The summed E-state index contributed by atoms with van der Waals surface area (Å²) < 4.78 is 5.39. The molecule has 18 heavy (non-hydrogen) atoms. The number of carbonyl (C=O) groups is 2. The highest BCUT2D eigenvalue weighted by atomic mass is 16.5. The molecule has 0 saturated heterocycles. The fraction of sp³-hybridized carbons (Fsp3) is 0.385. The van der Waals surface area contributed by atoms with Crippen LogP contribution in [0.5, 0.6) is 5.75 Å². The van der Waals surface area contributed by atoms with E-state index in [0.717, 1.165) is 0 Å². The van der Waals surface area contributed by atoms with Crippen LogP contribution in [0.25, 0.3) is 0 Å². The van der Waals surface area contributed by atoms with Crippen molar-refractivity contribution < 1.29 is 24.5 Å². The average Bonchev–Trinajstić information content (AvgIpc) is 2.26. The number of benzene rings is 1. The summed E-state index contributed by atoms with van der Waals surface area (Å²) >= 11 is 0. The van der Waals surface area contributed by atoms with Crippen molar-refractivity contribution in [3.63, 3.8) is 0 Å². The smallest absolute Gasteiger partial charge is 0.339 e. The largest absolute Gasteiger partial charge is 0.491 e. The maximum Gasteiger partial charge on any atom is 0.339 e. The van der Waals surface area contributed by atoms with E-state index in [1.807, 2.05) is 0 Å². The van der Waals surface area contributed by atoms with Gasteiger partial charge in [0.15, 0.2) is 0 Å². The van der Waals surface area contributed by atoms with Gasteiger partial charge in [-0.3, -0.25) is 4.79 Å². The minimum absolute atomic E-state index is 0.0381. The van der Waals surface area contributed by atoms with Crippen LogP contribution in [0, 0.1) is 12.3 Å². The molecule has 1 rings (SSSR count). The van der Waals surface area contributed by atoms with E-state index in [1.54, 1.807) is 19.1 Å². The van der Waals surface area contributed by atoms with E-state index in [4.69, 9.17) is 14.9 Å². The number of ether oxygens (including phenoxy) is 1. The molecule has 0 fully saturated rings. The van der Waals surface area contributed by atoms with E-state index in [0.29, 0.717) is 5.56 Å². The summed E-state index contributed by atoms with van der Waals surface area (Å²) in [6, 6.07) is 4.77. The summed E-state index contributed by atoms with van der Waals surface area (Å²) in [7, 11) is 0. The Labute approximate surface area is 105 Å². The van der Waals surface area contributed by atoms with Crippen LogP contribution in [0.2, 0.25) is 0 Å². The molecule has 0 unspecified atom stereocenters. The summed E-state index contributed by atoms with van der Waals surface area (Å²) in [6.07, 6.45) is 0. The molecule has 0 heterocycles. The average molecular weight is 252 g/mol. The number of carboxylic acid groups (broad SMARTS) is 2. The molecule has 0 saturated carbocycles. The number of aromatic carboxylic acids is 1. The van der Waals surface area contributed by atoms with E-state index in [9.17, 15) is 9.59 Å². The lowest BCUT2D eigenvalue weighted by molar-refractivity contribution is -0.148. The summed E-state index contributed by atoms with van der Waals surface area (Å²) in [5, 5.41) is 18.0. The van der Waals surface area contributed by atoms with Crippen molar-refractivity contribution in [2.24, 2.45) is 5.41 Å². The van der Waals surface area contributed by atoms with Crippen LogP contribution in [0.1, 0.15) is 29.8 Å². The molecule has 0 radical (unpaired) electrons. The van der Waals surface area contributed by atoms with Crippen molar-refractivity contribution in [3.8, 4) is 5.75 Å². The van der Waals surface area contributed by atoms with E-state index < -0.39 is 17.4 Å². The standard InChI is InChI=1S/C13H16O5/c1-8-5-4-6-9(11(14)15)10(8)18-7-13(2,3)12(16)17/h4-6H,7H2,1-3H3,(H,14,15)(H,16,17). The molecule has 1 aromatic rings. The van der Waals surface area contributed by atoms with Gasteiger partial charge >= 0.3 is 11.9 Å². The predicted octanol–water partition coefficient (Wildman–Crippen LogP) is 2.18. The van der Waals surface area contributed by atoms with Gasteiger partial charge in [0.2, 0.25) is 0 Å². The van der Waals surface area contributed by atoms with Gasteiger partial charge in [-0.1, -0.05) is 12.1 Å². The van der Waals surface area contributed by atoms with E-state index >= 15 is 0 Å². The predicted molar refractivity (Wildman–Crippen MR) is 65.1 cm³/mol. The second kappa shape index (κ2) is 5.08. The Kier molecular flexibility index (Phi) is 3.96. The number of aliphatic carboxylic acids is 1. The highest BCUT2D eigenvalue weighted by Gasteiger charge is 2.29. The summed E-state index contributed by atoms with van der Waals surface area (Å²) in [6.45, 7) is 4.67. The van der Waals surface area contributed by atoms with Crippen LogP contribution in [0.3, 0.4) is 0 Å². The van der Waals surface area contributed by atoms with Gasteiger partial charge in [0, 0.05) is 0 Å². The first kappa shape index (κ1) is 14.0. The number of carboxylic acids is 2. The van der Waals surface area contributed by atoms with Gasteiger partial charge in [-0.25, -0.2) is 4.79 Å². The third-order valence-corrected chi connectivity index (χ3v) is 2.60. The van der Waals surface area contributed by atoms with Crippen LogP contribution in [-0.2, 0) is 4.79 Å². The second-order valence-corrected chi connectivity index (χ2v) is 4.73. The third-order valence-electron chi connectivity index (χ3n) is 2.60. The topological polar surface area (TPSA) is 83.8 Å². The number of para-hydroxylation sites is 1. The molecule has 2 N–H and O–H groups in total. The van der Waals surface area contributed by atoms with Gasteiger partial charge < -0.3 is 14.9 Å². The Morgan fingerprint density at radius 3 is 2.39 bits per heavy atom. The molecule has 0 aromatic heterocycles. The molecular formula is C13H16O5. The molecule has 0 aliphatic rings. The molecule has 1 aromatic carbocycles. The minimum Gasteiger partial charge on any atom is -0.491 e. The molecular weight excluding hydrogens is 236 g/mol. The second-order valence-electron chi connectivity index (χ2n) is 4.73. The van der Waals surface area contributed by atoms with Crippen molar-refractivity contribution in [3.05, 3.63) is 29.3 Å². The lowest BCUT2D eigenvalue weighted by Gasteiger charge is -2.21. The number of rotatable bonds is 5. The maximum atomic E-state index is 11.0. The lowest BCUT2D eigenvalue weighted by Crippen LogP contribution is -2.31. The first-order valence-electron chi connectivity index (χ1n) is 5.45. The molecule has 0 amide bonds. The Morgan fingerprint density at radius 2 is 1.89 bits per heavy atom. The van der Waals surface area contributed by atoms with Gasteiger partial charge in [0.05, 0.1) is 5.41 Å². The van der Waals surface area contributed by atoms with Crippen molar-refractivity contribution in [2.75, 3.05) is 6.61 Å². The molecule has 0 bridgehead atoms. The van der Waals surface area contributed by atoms with E-state index in [-0.39, 0.29) is 17.9 Å². The summed E-state index contributed by atoms with van der Waals surface area (Å²) in [4.78, 5) is 22.0. The molecule has 5 heteroatoms. The zero-order valence-corrected chi connectivity index (χ0v) is 10.6. The first-order chi connectivity index (χ1) is 8.25. The van der Waals surface area contributed by atoms with Crippen molar-refractivity contribution in [2.45, 2.75) is 20.8 Å². The minimum atomic E-state index is -1.10. The Morgan fingerprint density at radius 1 is 1.28 bits per heavy atom.